The third kappa shape index (κ3) is 7.32. The molecule has 63 heavy (non-hydrogen) atoms. The van der Waals surface area contributed by atoms with Crippen LogP contribution >= 0.6 is 0 Å². The predicted molar refractivity (Wildman–Crippen MR) is 220 cm³/mol. The highest BCUT2D eigenvalue weighted by atomic mass is 16.8. The van der Waals surface area contributed by atoms with Crippen LogP contribution in [0, 0.1) is 56.7 Å². The van der Waals surface area contributed by atoms with Crippen molar-refractivity contribution < 1.29 is 84.3 Å². The molecule has 3 heterocycles. The van der Waals surface area contributed by atoms with Crippen LogP contribution in [0.15, 0.2) is 12.2 Å². The van der Waals surface area contributed by atoms with E-state index >= 15 is 0 Å². The van der Waals surface area contributed by atoms with Gasteiger partial charge in [-0.25, -0.2) is 0 Å². The molecule has 3 aliphatic heterocycles. The zero-order chi connectivity index (χ0) is 45.8. The fraction of sp³-hybridized carbons (Fsp3) is 0.935. The Labute approximate surface area is 369 Å². The van der Waals surface area contributed by atoms with E-state index < -0.39 is 128 Å². The maximum atomic E-state index is 13.1. The van der Waals surface area contributed by atoms with Gasteiger partial charge in [-0.05, 0) is 117 Å². The van der Waals surface area contributed by atoms with Crippen LogP contribution in [0.1, 0.15) is 98.8 Å². The summed E-state index contributed by atoms with van der Waals surface area (Å²) in [6, 6.07) is 0. The number of aliphatic carboxylic acids is 1. The van der Waals surface area contributed by atoms with Gasteiger partial charge < -0.3 is 79.5 Å². The number of allylic oxidation sites excluding steroid dienone is 1. The number of carbonyl (C=O) groups is 1. The van der Waals surface area contributed by atoms with E-state index in [2.05, 4.69) is 34.3 Å². The van der Waals surface area contributed by atoms with Crippen LogP contribution in [-0.2, 0) is 33.2 Å². The molecule has 0 aromatic heterocycles. The topological polar surface area (TPSA) is 275 Å². The summed E-state index contributed by atoms with van der Waals surface area (Å²) in [5.41, 5.74) is -1.03. The van der Waals surface area contributed by atoms with Crippen molar-refractivity contribution >= 4 is 5.97 Å². The summed E-state index contributed by atoms with van der Waals surface area (Å²) in [6.45, 7) is 14.0. The van der Waals surface area contributed by atoms with Gasteiger partial charge in [0.15, 0.2) is 18.9 Å². The van der Waals surface area contributed by atoms with Gasteiger partial charge in [0.1, 0.15) is 61.0 Å². The van der Waals surface area contributed by atoms with Crippen molar-refractivity contribution in [2.24, 2.45) is 56.7 Å². The maximum Gasteiger partial charge on any atom is 0.309 e. The maximum absolute atomic E-state index is 13.1. The molecule has 8 fully saturated rings. The first-order valence-corrected chi connectivity index (χ1v) is 23.4. The summed E-state index contributed by atoms with van der Waals surface area (Å²) in [7, 11) is 0. The fourth-order valence-electron chi connectivity index (χ4n) is 15.6. The standard InChI is InChI=1S/C46H74O17/c1-21(2)22-9-14-45(41(56)57)15-16-46(20-48)23(30(22)45)7-8-28-43(5)12-11-29(42(3,4)27(43)10-13-44(28,46)6)61-39-35(55)36(33(53)26(17-47)60-39)62-40-37(32(52)25(50)19-59-40)63-38-34(54)31(51)24(49)18-58-38/h22-40,47-55H,1,7-20H2,2-6H3,(H,56,57)/t22-,23-,24-,25-,26+,27-,28-,29-,30-,31-,32-,33+,34-,35+,36-,37+,38+,39-,40-,43-,44+,45-,46-/m0/s1. The average molecular weight is 899 g/mol. The lowest BCUT2D eigenvalue weighted by Gasteiger charge is -2.73. The van der Waals surface area contributed by atoms with Gasteiger partial charge in [-0.2, -0.15) is 0 Å². The molecule has 0 spiro atoms. The van der Waals surface area contributed by atoms with Gasteiger partial charge >= 0.3 is 5.97 Å². The minimum absolute atomic E-state index is 0.0234. The smallest absolute Gasteiger partial charge is 0.309 e. The molecule has 0 bridgehead atoms. The summed E-state index contributed by atoms with van der Waals surface area (Å²) < 4.78 is 35.7. The number of carboxylic acid groups (broad SMARTS) is 1. The average Bonchev–Trinajstić information content (AvgIpc) is 3.65. The third-order valence-corrected chi connectivity index (χ3v) is 19.0. The van der Waals surface area contributed by atoms with Crippen LogP contribution in [0.5, 0.6) is 0 Å². The predicted octanol–water partition coefficient (Wildman–Crippen LogP) is 0.813. The molecular weight excluding hydrogens is 824 g/mol. The monoisotopic (exact) mass is 898 g/mol. The molecule has 3 saturated heterocycles. The Morgan fingerprint density at radius 1 is 0.683 bits per heavy atom. The van der Waals surface area contributed by atoms with Gasteiger partial charge in [0.2, 0.25) is 0 Å². The van der Waals surface area contributed by atoms with E-state index in [9.17, 15) is 55.9 Å². The molecule has 0 amide bonds. The Balaban J connectivity index is 1.00. The van der Waals surface area contributed by atoms with E-state index in [1.54, 1.807) is 0 Å². The van der Waals surface area contributed by atoms with E-state index in [1.165, 1.54) is 0 Å². The van der Waals surface area contributed by atoms with Gasteiger partial charge in [-0.15, -0.1) is 0 Å². The lowest BCUT2D eigenvalue weighted by Crippen LogP contribution is -2.69. The minimum Gasteiger partial charge on any atom is -0.481 e. The van der Waals surface area contributed by atoms with Crippen LogP contribution in [0.2, 0.25) is 0 Å². The highest BCUT2D eigenvalue weighted by Gasteiger charge is 2.73. The number of ether oxygens (including phenoxy) is 6. The quantitative estimate of drug-likeness (QED) is 0.107. The number of carboxylic acids is 1. The number of hydrogen-bond acceptors (Lipinski definition) is 16. The van der Waals surface area contributed by atoms with Crippen LogP contribution in [-0.4, -0.2) is 169 Å². The number of aliphatic hydroxyl groups excluding tert-OH is 9. The van der Waals surface area contributed by atoms with Gasteiger partial charge in [0.25, 0.3) is 0 Å². The summed E-state index contributed by atoms with van der Waals surface area (Å²) in [6.07, 6.45) is -12.9. The molecule has 17 nitrogen and oxygen atoms in total. The Hall–Kier alpha value is -1.39. The second-order valence-electron chi connectivity index (χ2n) is 21.9. The van der Waals surface area contributed by atoms with Crippen LogP contribution in [0.4, 0.5) is 0 Å². The summed E-state index contributed by atoms with van der Waals surface area (Å²) in [5, 5.41) is 108. The van der Waals surface area contributed by atoms with Crippen LogP contribution < -0.4 is 0 Å². The number of fused-ring (bicyclic) bond motifs is 7. The van der Waals surface area contributed by atoms with Crippen LogP contribution in [0.25, 0.3) is 0 Å². The first kappa shape index (κ1) is 48.1. The summed E-state index contributed by atoms with van der Waals surface area (Å²) in [4.78, 5) is 13.1. The number of aliphatic hydroxyl groups is 9. The Bertz CT molecular complexity index is 1680. The molecule has 0 aromatic rings. The van der Waals surface area contributed by atoms with Crippen molar-refractivity contribution in [1.82, 2.24) is 0 Å². The first-order valence-electron chi connectivity index (χ1n) is 23.4. The van der Waals surface area contributed by atoms with Crippen molar-refractivity contribution in [2.45, 2.75) is 185 Å². The molecule has 10 N–H and O–H groups in total. The largest absolute Gasteiger partial charge is 0.481 e. The lowest BCUT2D eigenvalue weighted by molar-refractivity contribution is -0.379. The molecule has 23 atom stereocenters. The fourth-order valence-corrected chi connectivity index (χ4v) is 15.6. The molecule has 0 unspecified atom stereocenters. The zero-order valence-corrected chi connectivity index (χ0v) is 37.4. The lowest BCUT2D eigenvalue weighted by atomic mass is 9.32. The van der Waals surface area contributed by atoms with Crippen molar-refractivity contribution in [2.75, 3.05) is 26.4 Å². The Kier molecular flexibility index (Phi) is 13.2. The Morgan fingerprint density at radius 2 is 1.35 bits per heavy atom. The van der Waals surface area contributed by atoms with E-state index in [0.29, 0.717) is 25.7 Å². The van der Waals surface area contributed by atoms with Crippen LogP contribution in [0.3, 0.4) is 0 Å². The van der Waals surface area contributed by atoms with Gasteiger partial charge in [0, 0.05) is 12.0 Å². The summed E-state index contributed by atoms with van der Waals surface area (Å²) >= 11 is 0. The molecule has 5 saturated carbocycles. The summed E-state index contributed by atoms with van der Waals surface area (Å²) in [5.74, 6) is -0.157. The molecular formula is C46H74O17. The molecule has 0 aromatic carbocycles. The zero-order valence-electron chi connectivity index (χ0n) is 37.4. The van der Waals surface area contributed by atoms with Gasteiger partial charge in [0.05, 0.1) is 31.3 Å². The third-order valence-electron chi connectivity index (χ3n) is 19.0. The van der Waals surface area contributed by atoms with Crippen molar-refractivity contribution in [1.29, 1.82) is 0 Å². The molecule has 5 aliphatic carbocycles. The van der Waals surface area contributed by atoms with E-state index in [1.807, 2.05) is 6.92 Å². The molecule has 0 radical (unpaired) electrons. The highest BCUT2D eigenvalue weighted by molar-refractivity contribution is 5.76. The normalized spacial score (nSPS) is 54.3. The first-order chi connectivity index (χ1) is 29.6. The molecule has 17 heteroatoms. The van der Waals surface area contributed by atoms with Gasteiger partial charge in [-0.3, -0.25) is 4.79 Å². The van der Waals surface area contributed by atoms with Crippen molar-refractivity contribution in [3.8, 4) is 0 Å². The molecule has 8 rings (SSSR count). The van der Waals surface area contributed by atoms with Gasteiger partial charge in [-0.1, -0.05) is 39.8 Å². The highest BCUT2D eigenvalue weighted by Crippen LogP contribution is 2.77. The second-order valence-corrected chi connectivity index (χ2v) is 21.9. The van der Waals surface area contributed by atoms with E-state index in [4.69, 9.17) is 28.4 Å². The van der Waals surface area contributed by atoms with E-state index in [-0.39, 0.29) is 47.0 Å². The second kappa shape index (κ2) is 17.3. The molecule has 360 valence electrons. The van der Waals surface area contributed by atoms with Crippen molar-refractivity contribution in [3.63, 3.8) is 0 Å². The van der Waals surface area contributed by atoms with E-state index in [0.717, 1.165) is 44.1 Å². The SMILES string of the molecule is C=C(C)[C@@H]1CC[C@]2(C(=O)O)CC[C@]3(CO)[C@@H](CC[C@H]4[C@@]5(C)CC[C@H](O[C@@H]6O[C@H](CO)[C@@H](O)[C@H](O[C@@H]7OC[C@H](O)[C@H](O)[C@H]7O[C@H]7OC[C@H](O)[C@H](O)[C@@H]7O)[C@H]6O)C(C)(C)[C@@H]5CC[C@]43C)[C@H]12. The van der Waals surface area contributed by atoms with Crippen molar-refractivity contribution in [3.05, 3.63) is 12.2 Å². The number of hydrogen-bond donors (Lipinski definition) is 10. The molecule has 8 aliphatic rings. The Morgan fingerprint density at radius 3 is 2.00 bits per heavy atom. The number of rotatable bonds is 10. The minimum atomic E-state index is -1.74.